The van der Waals surface area contributed by atoms with E-state index in [9.17, 15) is 9.59 Å². The lowest BCUT2D eigenvalue weighted by atomic mass is 9.82. The van der Waals surface area contributed by atoms with Gasteiger partial charge in [-0.2, -0.15) is 0 Å². The molecule has 2 aliphatic carbocycles. The van der Waals surface area contributed by atoms with Crippen molar-refractivity contribution in [3.8, 4) is 0 Å². The summed E-state index contributed by atoms with van der Waals surface area (Å²) in [7, 11) is 4.17. The summed E-state index contributed by atoms with van der Waals surface area (Å²) in [5, 5.41) is 0. The van der Waals surface area contributed by atoms with Gasteiger partial charge in [-0.1, -0.05) is 24.3 Å². The maximum Gasteiger partial charge on any atom is 0.190 e. The van der Waals surface area contributed by atoms with E-state index in [0.29, 0.717) is 17.0 Å². The Morgan fingerprint density at radius 1 is 0.955 bits per heavy atom. The molecule has 0 saturated heterocycles. The summed E-state index contributed by atoms with van der Waals surface area (Å²) in [4.78, 5) is 27.6. The number of hydrogen-bond acceptors (Lipinski definition) is 3. The van der Waals surface area contributed by atoms with Gasteiger partial charge in [-0.3, -0.25) is 9.59 Å². The van der Waals surface area contributed by atoms with E-state index in [1.165, 1.54) is 0 Å². The number of nitrogens with zero attached hydrogens (tertiary/aromatic N) is 1. The first-order chi connectivity index (χ1) is 10.6. The molecular weight excluding hydrogens is 274 g/mol. The van der Waals surface area contributed by atoms with Crippen molar-refractivity contribution in [2.45, 2.75) is 32.1 Å². The Labute approximate surface area is 132 Å². The van der Waals surface area contributed by atoms with Gasteiger partial charge in [0.15, 0.2) is 11.6 Å². The lowest BCUT2D eigenvalue weighted by Crippen LogP contribution is -2.21. The summed E-state index contributed by atoms with van der Waals surface area (Å²) >= 11 is 0. The monoisotopic (exact) mass is 297 g/mol. The van der Waals surface area contributed by atoms with Gasteiger partial charge in [0.1, 0.15) is 0 Å². The zero-order valence-corrected chi connectivity index (χ0v) is 13.4. The molecule has 0 aromatic heterocycles. The van der Waals surface area contributed by atoms with Crippen LogP contribution in [-0.4, -0.2) is 37.1 Å². The van der Waals surface area contributed by atoms with Crippen molar-refractivity contribution in [3.63, 3.8) is 0 Å². The molecule has 0 fully saturated rings. The first kappa shape index (κ1) is 15.2. The van der Waals surface area contributed by atoms with E-state index in [-0.39, 0.29) is 11.6 Å². The van der Waals surface area contributed by atoms with Crippen LogP contribution in [0.3, 0.4) is 0 Å². The van der Waals surface area contributed by atoms with Crippen molar-refractivity contribution >= 4 is 11.6 Å². The first-order valence-electron chi connectivity index (χ1n) is 8.13. The molecule has 1 aromatic rings. The summed E-state index contributed by atoms with van der Waals surface area (Å²) in [5.41, 5.74) is 2.77. The van der Waals surface area contributed by atoms with Gasteiger partial charge < -0.3 is 4.90 Å². The van der Waals surface area contributed by atoms with E-state index in [1.807, 2.05) is 12.1 Å². The molecule has 0 amide bonds. The van der Waals surface area contributed by atoms with Crippen LogP contribution in [-0.2, 0) is 0 Å². The highest BCUT2D eigenvalue weighted by Gasteiger charge is 2.33. The number of allylic oxidation sites excluding steroid dienone is 2. The van der Waals surface area contributed by atoms with E-state index in [0.717, 1.165) is 49.8 Å². The minimum absolute atomic E-state index is 0.0819. The van der Waals surface area contributed by atoms with Crippen molar-refractivity contribution in [3.05, 3.63) is 46.5 Å². The zero-order valence-electron chi connectivity index (χ0n) is 13.4. The normalized spacial score (nSPS) is 19.2. The van der Waals surface area contributed by atoms with E-state index >= 15 is 0 Å². The van der Waals surface area contributed by atoms with Crippen molar-refractivity contribution < 1.29 is 9.59 Å². The predicted molar refractivity (Wildman–Crippen MR) is 87.3 cm³/mol. The largest absolute Gasteiger partial charge is 0.309 e. The second kappa shape index (κ2) is 6.17. The molecule has 0 spiro atoms. The molecule has 2 aliphatic rings. The third-order valence-corrected chi connectivity index (χ3v) is 4.92. The summed E-state index contributed by atoms with van der Waals surface area (Å²) in [6.07, 6.45) is 4.70. The number of rotatable bonds is 3. The second-order valence-electron chi connectivity index (χ2n) is 6.70. The Morgan fingerprint density at radius 3 is 1.91 bits per heavy atom. The third-order valence-electron chi connectivity index (χ3n) is 4.92. The molecule has 22 heavy (non-hydrogen) atoms. The number of hydrogen-bond donors (Lipinski definition) is 0. The van der Waals surface area contributed by atoms with Gasteiger partial charge in [0.05, 0.1) is 0 Å². The lowest BCUT2D eigenvalue weighted by molar-refractivity contribution is 0.0970. The second-order valence-corrected chi connectivity index (χ2v) is 6.70. The number of carbonyl (C=O) groups is 2. The van der Waals surface area contributed by atoms with E-state index < -0.39 is 0 Å². The summed E-state index contributed by atoms with van der Waals surface area (Å²) < 4.78 is 0. The van der Waals surface area contributed by atoms with Gasteiger partial charge in [0, 0.05) is 22.3 Å². The minimum atomic E-state index is 0.0819. The average molecular weight is 297 g/mol. The molecule has 0 atom stereocenters. The molecule has 3 nitrogen and oxygen atoms in total. The summed E-state index contributed by atoms with van der Waals surface area (Å²) in [6.45, 7) is 1.07. The smallest absolute Gasteiger partial charge is 0.190 e. The first-order valence-corrected chi connectivity index (χ1v) is 8.13. The summed E-state index contributed by atoms with van der Waals surface area (Å²) in [5.74, 6) is 0.772. The van der Waals surface area contributed by atoms with E-state index in [1.54, 1.807) is 12.1 Å². The van der Waals surface area contributed by atoms with Crippen molar-refractivity contribution in [2.75, 3.05) is 20.6 Å². The molecule has 0 aliphatic heterocycles. The molecule has 0 heterocycles. The maximum atomic E-state index is 12.7. The molecule has 0 bridgehead atoms. The van der Waals surface area contributed by atoms with Gasteiger partial charge in [0.25, 0.3) is 0 Å². The van der Waals surface area contributed by atoms with Crippen molar-refractivity contribution in [1.29, 1.82) is 0 Å². The fraction of sp³-hybridized carbons (Fsp3) is 0.474. The van der Waals surface area contributed by atoms with Gasteiger partial charge in [-0.25, -0.2) is 0 Å². The van der Waals surface area contributed by atoms with Crippen LogP contribution in [0.2, 0.25) is 0 Å². The summed E-state index contributed by atoms with van der Waals surface area (Å²) in [6, 6.07) is 7.25. The van der Waals surface area contributed by atoms with Gasteiger partial charge in [-0.15, -0.1) is 0 Å². The Hall–Kier alpha value is -1.74. The number of carbonyl (C=O) groups excluding carboxylic acids is 2. The Balaban J connectivity index is 1.82. The highest BCUT2D eigenvalue weighted by molar-refractivity contribution is 6.26. The van der Waals surface area contributed by atoms with Crippen LogP contribution in [0.5, 0.6) is 0 Å². The van der Waals surface area contributed by atoms with E-state index in [4.69, 9.17) is 0 Å². The topological polar surface area (TPSA) is 37.4 Å². The standard InChI is InChI=1S/C19H23NO2/c1-20(2)12-11-13-7-9-16-17(10-8-13)19(22)15-6-4-3-5-14(15)18(16)21/h3-6,13H,7-12H2,1-2H3. The fourth-order valence-corrected chi connectivity index (χ4v) is 3.58. The number of fused-ring (bicyclic) bond motifs is 1. The van der Waals surface area contributed by atoms with Gasteiger partial charge in [0.2, 0.25) is 0 Å². The zero-order chi connectivity index (χ0) is 15.7. The molecule has 3 rings (SSSR count). The highest BCUT2D eigenvalue weighted by atomic mass is 16.1. The Bertz CT molecular complexity index is 594. The van der Waals surface area contributed by atoms with Crippen LogP contribution in [0.1, 0.15) is 52.8 Å². The van der Waals surface area contributed by atoms with Crippen molar-refractivity contribution in [2.24, 2.45) is 5.92 Å². The molecule has 0 N–H and O–H groups in total. The molecule has 0 radical (unpaired) electrons. The van der Waals surface area contributed by atoms with E-state index in [2.05, 4.69) is 19.0 Å². The van der Waals surface area contributed by atoms with Crippen molar-refractivity contribution in [1.82, 2.24) is 4.90 Å². The number of benzene rings is 1. The SMILES string of the molecule is CN(C)CCC1CCC2=C(CC1)C(=O)c1ccccc1C2=O. The molecule has 3 heteroatoms. The van der Waals surface area contributed by atoms with Gasteiger partial charge in [-0.05, 0) is 58.7 Å². The third kappa shape index (κ3) is 2.78. The molecule has 0 unspecified atom stereocenters. The average Bonchev–Trinajstić information content (AvgIpc) is 2.73. The molecule has 0 saturated carbocycles. The Morgan fingerprint density at radius 2 is 1.45 bits per heavy atom. The molecule has 116 valence electrons. The van der Waals surface area contributed by atoms with Crippen LogP contribution in [0, 0.1) is 5.92 Å². The lowest BCUT2D eigenvalue weighted by Gasteiger charge is -2.19. The van der Waals surface area contributed by atoms with Crippen LogP contribution < -0.4 is 0 Å². The maximum absolute atomic E-state index is 12.7. The predicted octanol–water partition coefficient (Wildman–Crippen LogP) is 3.50. The van der Waals surface area contributed by atoms with Crippen LogP contribution in [0.4, 0.5) is 0 Å². The molecular formula is C19H23NO2. The molecule has 1 aromatic carbocycles. The quantitative estimate of drug-likeness (QED) is 0.857. The number of Topliss-reactive ketones (excluding diaryl/α,β-unsaturated/α-hetero) is 2. The highest BCUT2D eigenvalue weighted by Crippen LogP contribution is 2.36. The minimum Gasteiger partial charge on any atom is -0.309 e. The Kier molecular flexibility index (Phi) is 4.25. The van der Waals surface area contributed by atoms with Crippen LogP contribution in [0.25, 0.3) is 0 Å². The van der Waals surface area contributed by atoms with Crippen LogP contribution in [0.15, 0.2) is 35.4 Å². The van der Waals surface area contributed by atoms with Crippen LogP contribution >= 0.6 is 0 Å². The number of ketones is 2. The fourth-order valence-electron chi connectivity index (χ4n) is 3.58. The van der Waals surface area contributed by atoms with Gasteiger partial charge >= 0.3 is 0 Å².